The van der Waals surface area contributed by atoms with Crippen molar-refractivity contribution in [2.24, 2.45) is 0 Å². The van der Waals surface area contributed by atoms with Gasteiger partial charge in [-0.15, -0.1) is 0 Å². The lowest BCUT2D eigenvalue weighted by Crippen LogP contribution is -2.24. The Morgan fingerprint density at radius 1 is 0.958 bits per heavy atom. The van der Waals surface area contributed by atoms with Crippen molar-refractivity contribution in [1.29, 1.82) is 0 Å². The third kappa shape index (κ3) is 4.33. The van der Waals surface area contributed by atoms with Gasteiger partial charge in [-0.05, 0) is 50.0 Å². The molecule has 0 atom stereocenters. The Hall–Kier alpha value is -2.38. The van der Waals surface area contributed by atoms with E-state index < -0.39 is 0 Å². The maximum atomic E-state index is 4.15. The number of rotatable bonds is 5. The van der Waals surface area contributed by atoms with Gasteiger partial charge in [0.25, 0.3) is 0 Å². The van der Waals surface area contributed by atoms with Gasteiger partial charge in [-0.3, -0.25) is 0 Å². The van der Waals surface area contributed by atoms with Gasteiger partial charge in [0, 0.05) is 4.48 Å². The van der Waals surface area contributed by atoms with Crippen molar-refractivity contribution in [1.82, 2.24) is 0 Å². The Morgan fingerprint density at radius 3 is 2.25 bits per heavy atom. The van der Waals surface area contributed by atoms with Crippen molar-refractivity contribution < 1.29 is 0 Å². The summed E-state index contributed by atoms with van der Waals surface area (Å²) in [4.78, 5) is 0. The van der Waals surface area contributed by atoms with Crippen molar-refractivity contribution in [2.75, 3.05) is 0 Å². The summed E-state index contributed by atoms with van der Waals surface area (Å²) in [5.41, 5.74) is 3.35. The molecule has 0 spiro atoms. The second-order valence-corrected chi connectivity index (χ2v) is 6.05. The maximum absolute atomic E-state index is 4.15. The molecular weight excluding hydrogens is 356 g/mol. The number of hydrogen-bond acceptors (Lipinski definition) is 0. The van der Waals surface area contributed by atoms with E-state index >= 15 is 0 Å². The second-order valence-electron chi connectivity index (χ2n) is 5.26. The standard InChI is InChI=1S/C23H21Br/c1-4-6-16-22(23(24)20-17-11-10-13-18(20)3)21(12-5-2)19-14-8-7-9-15-19/h4-17H,2-3H2,1H3/b6-4-,21-12?,22-16-,23-20+. The molecule has 120 valence electrons. The highest BCUT2D eigenvalue weighted by molar-refractivity contribution is 9.15. The van der Waals surface area contributed by atoms with E-state index in [1.165, 1.54) is 0 Å². The van der Waals surface area contributed by atoms with E-state index in [1.54, 1.807) is 0 Å². The molecule has 2 aromatic carbocycles. The zero-order valence-corrected chi connectivity index (χ0v) is 15.5. The van der Waals surface area contributed by atoms with Gasteiger partial charge in [-0.2, -0.15) is 0 Å². The lowest BCUT2D eigenvalue weighted by atomic mass is 9.95. The van der Waals surface area contributed by atoms with Crippen molar-refractivity contribution in [3.8, 4) is 0 Å². The number of allylic oxidation sites excluding steroid dienone is 7. The molecule has 0 fully saturated rings. The fraction of sp³-hybridized carbons (Fsp3) is 0.0435. The molecule has 24 heavy (non-hydrogen) atoms. The predicted octanol–water partition coefficient (Wildman–Crippen LogP) is 5.37. The van der Waals surface area contributed by atoms with E-state index in [2.05, 4.69) is 53.4 Å². The fourth-order valence-electron chi connectivity index (χ4n) is 2.43. The minimum atomic E-state index is 0.988. The van der Waals surface area contributed by atoms with E-state index in [0.717, 1.165) is 31.6 Å². The highest BCUT2D eigenvalue weighted by Gasteiger charge is 2.11. The third-order valence-electron chi connectivity index (χ3n) is 3.61. The zero-order valence-electron chi connectivity index (χ0n) is 13.9. The lowest BCUT2D eigenvalue weighted by molar-refractivity contribution is 1.51. The summed E-state index contributed by atoms with van der Waals surface area (Å²) in [6.45, 7) is 10.0. The molecule has 0 heterocycles. The van der Waals surface area contributed by atoms with Crippen molar-refractivity contribution in [3.63, 3.8) is 0 Å². The van der Waals surface area contributed by atoms with Crippen molar-refractivity contribution in [3.05, 3.63) is 113 Å². The van der Waals surface area contributed by atoms with Crippen LogP contribution in [0.5, 0.6) is 0 Å². The fourth-order valence-corrected chi connectivity index (χ4v) is 3.16. The molecule has 2 rings (SSSR count). The molecule has 0 unspecified atom stereocenters. The summed E-state index contributed by atoms with van der Waals surface area (Å²) in [6.07, 6.45) is 10.0. The van der Waals surface area contributed by atoms with Crippen LogP contribution in [0.1, 0.15) is 12.5 Å². The van der Waals surface area contributed by atoms with Gasteiger partial charge in [0.15, 0.2) is 0 Å². The summed E-state index contributed by atoms with van der Waals surface area (Å²) in [7, 11) is 0. The van der Waals surface area contributed by atoms with Crippen molar-refractivity contribution in [2.45, 2.75) is 6.92 Å². The molecule has 0 nitrogen and oxygen atoms in total. The third-order valence-corrected chi connectivity index (χ3v) is 4.46. The zero-order chi connectivity index (χ0) is 17.4. The van der Waals surface area contributed by atoms with Gasteiger partial charge >= 0.3 is 0 Å². The van der Waals surface area contributed by atoms with Crippen LogP contribution in [-0.4, -0.2) is 0 Å². The molecular formula is C23H21Br. The van der Waals surface area contributed by atoms with E-state index in [9.17, 15) is 0 Å². The Kier molecular flexibility index (Phi) is 6.77. The van der Waals surface area contributed by atoms with Crippen LogP contribution in [0.4, 0.5) is 0 Å². The van der Waals surface area contributed by atoms with E-state index in [-0.39, 0.29) is 0 Å². The molecule has 0 saturated carbocycles. The SMILES string of the molecule is C=CC=C(C(=C/C=C\C)/C(Br)=c1/ccccc1=C)c1ccccc1. The first-order valence-electron chi connectivity index (χ1n) is 7.84. The van der Waals surface area contributed by atoms with E-state index in [4.69, 9.17) is 0 Å². The molecule has 0 aliphatic rings. The molecule has 2 aromatic rings. The van der Waals surface area contributed by atoms with Gasteiger partial charge in [0.2, 0.25) is 0 Å². The monoisotopic (exact) mass is 376 g/mol. The first-order chi connectivity index (χ1) is 11.7. The van der Waals surface area contributed by atoms with Gasteiger partial charge < -0.3 is 0 Å². The van der Waals surface area contributed by atoms with Crippen LogP contribution in [0.2, 0.25) is 0 Å². The van der Waals surface area contributed by atoms with Gasteiger partial charge in [0.05, 0.1) is 0 Å². The molecule has 0 saturated heterocycles. The Morgan fingerprint density at radius 2 is 1.62 bits per heavy atom. The summed E-state index contributed by atoms with van der Waals surface area (Å²) >= 11 is 3.80. The molecule has 0 aliphatic heterocycles. The largest absolute Gasteiger partial charge is 0.0990 e. The van der Waals surface area contributed by atoms with Crippen LogP contribution < -0.4 is 10.4 Å². The first-order valence-corrected chi connectivity index (χ1v) is 8.64. The summed E-state index contributed by atoms with van der Waals surface area (Å²) in [6, 6.07) is 18.4. The van der Waals surface area contributed by atoms with Crippen LogP contribution in [0.15, 0.2) is 97.1 Å². The Labute approximate surface area is 152 Å². The summed E-state index contributed by atoms with van der Waals surface area (Å²) in [5, 5.41) is 2.07. The predicted molar refractivity (Wildman–Crippen MR) is 111 cm³/mol. The molecule has 0 aromatic heterocycles. The number of benzene rings is 2. The highest BCUT2D eigenvalue weighted by atomic mass is 79.9. The smallest absolute Gasteiger partial charge is 0.0332 e. The van der Waals surface area contributed by atoms with E-state index in [1.807, 2.05) is 67.6 Å². The molecule has 0 bridgehead atoms. The average molecular weight is 377 g/mol. The van der Waals surface area contributed by atoms with Crippen molar-refractivity contribution >= 4 is 32.6 Å². The number of halogens is 1. The molecule has 0 N–H and O–H groups in total. The summed E-state index contributed by atoms with van der Waals surface area (Å²) in [5.74, 6) is 0. The minimum Gasteiger partial charge on any atom is -0.0990 e. The van der Waals surface area contributed by atoms with Gasteiger partial charge in [-0.1, -0.05) is 98.1 Å². The van der Waals surface area contributed by atoms with Gasteiger partial charge in [0.1, 0.15) is 0 Å². The average Bonchev–Trinajstić information content (AvgIpc) is 2.62. The second kappa shape index (κ2) is 9.05. The molecule has 1 heteroatoms. The molecule has 0 radical (unpaired) electrons. The quantitative estimate of drug-likeness (QED) is 0.615. The Balaban J connectivity index is 2.76. The van der Waals surface area contributed by atoms with Crippen LogP contribution >= 0.6 is 15.9 Å². The highest BCUT2D eigenvalue weighted by Crippen LogP contribution is 2.32. The van der Waals surface area contributed by atoms with Crippen LogP contribution in [0, 0.1) is 0 Å². The number of hydrogen-bond donors (Lipinski definition) is 0. The maximum Gasteiger partial charge on any atom is 0.0332 e. The normalized spacial score (nSPS) is 13.9. The Bertz CT molecular complexity index is 897. The van der Waals surface area contributed by atoms with Crippen LogP contribution in [0.3, 0.4) is 0 Å². The summed E-state index contributed by atoms with van der Waals surface area (Å²) < 4.78 is 1.02. The van der Waals surface area contributed by atoms with Crippen LogP contribution in [-0.2, 0) is 0 Å². The first kappa shape index (κ1) is 18.0. The molecule has 0 amide bonds. The van der Waals surface area contributed by atoms with E-state index in [0.29, 0.717) is 0 Å². The minimum absolute atomic E-state index is 0.988. The van der Waals surface area contributed by atoms with Gasteiger partial charge in [-0.25, -0.2) is 0 Å². The van der Waals surface area contributed by atoms with Crippen LogP contribution in [0.25, 0.3) is 16.6 Å². The topological polar surface area (TPSA) is 0 Å². The molecule has 0 aliphatic carbocycles. The lowest BCUT2D eigenvalue weighted by Gasteiger charge is -2.12.